The number of amides is 1. The van der Waals surface area contributed by atoms with Crippen LogP contribution in [0, 0.1) is 0 Å². The molecule has 164 valence electrons. The molecule has 1 amide bonds. The highest BCUT2D eigenvalue weighted by Gasteiger charge is 2.41. The van der Waals surface area contributed by atoms with Crippen molar-refractivity contribution in [3.05, 3.63) is 29.8 Å². The van der Waals surface area contributed by atoms with Crippen LogP contribution in [-0.2, 0) is 11.3 Å². The number of rotatable bonds is 5. The van der Waals surface area contributed by atoms with E-state index in [1.165, 1.54) is 18.7 Å². The maximum atomic E-state index is 12.9. The fraction of sp³-hybridized carbons (Fsp3) is 0.579. The van der Waals surface area contributed by atoms with Crippen LogP contribution >= 0.6 is 24.0 Å². The molecular weight excluding hydrogens is 498 g/mol. The van der Waals surface area contributed by atoms with Crippen LogP contribution in [0.5, 0.6) is 0 Å². The summed E-state index contributed by atoms with van der Waals surface area (Å²) in [6.45, 7) is 7.33. The van der Waals surface area contributed by atoms with Gasteiger partial charge in [0.05, 0.1) is 6.54 Å². The molecule has 2 N–H and O–H groups in total. The molecule has 1 aliphatic heterocycles. The van der Waals surface area contributed by atoms with Crippen molar-refractivity contribution in [2.75, 3.05) is 38.0 Å². The Kier molecular flexibility index (Phi) is 10.2. The predicted octanol–water partition coefficient (Wildman–Crippen LogP) is 3.30. The van der Waals surface area contributed by atoms with E-state index in [1.807, 2.05) is 30.0 Å². The first-order valence-electron chi connectivity index (χ1n) is 9.41. The molecule has 0 aliphatic carbocycles. The molecular formula is C19H29F3IN5O. The minimum atomic E-state index is -4.21. The van der Waals surface area contributed by atoms with Crippen LogP contribution in [0.1, 0.15) is 26.3 Å². The molecule has 1 aromatic carbocycles. The summed E-state index contributed by atoms with van der Waals surface area (Å²) in [5.74, 6) is 0.548. The predicted molar refractivity (Wildman–Crippen MR) is 120 cm³/mol. The van der Waals surface area contributed by atoms with Gasteiger partial charge in [0.1, 0.15) is 6.04 Å². The molecule has 1 atom stereocenters. The summed E-state index contributed by atoms with van der Waals surface area (Å²) in [5.41, 5.74) is 1.64. The van der Waals surface area contributed by atoms with Crippen LogP contribution in [0.25, 0.3) is 0 Å². The highest BCUT2D eigenvalue weighted by atomic mass is 127. The number of hydrogen-bond donors (Lipinski definition) is 2. The Labute approximate surface area is 186 Å². The van der Waals surface area contributed by atoms with Crippen molar-refractivity contribution in [2.45, 2.75) is 39.5 Å². The molecule has 10 heteroatoms. The van der Waals surface area contributed by atoms with Crippen molar-refractivity contribution < 1.29 is 18.0 Å². The Hall–Kier alpha value is -1.56. The van der Waals surface area contributed by atoms with Crippen LogP contribution in [0.15, 0.2) is 29.3 Å². The quantitative estimate of drug-likeness (QED) is 0.351. The van der Waals surface area contributed by atoms with E-state index in [0.29, 0.717) is 50.9 Å². The maximum absolute atomic E-state index is 12.9. The Bertz CT molecular complexity index is 691. The van der Waals surface area contributed by atoms with Gasteiger partial charge in [-0.3, -0.25) is 9.69 Å². The van der Waals surface area contributed by atoms with Gasteiger partial charge in [0, 0.05) is 45.3 Å². The third kappa shape index (κ3) is 8.00. The molecule has 0 spiro atoms. The number of benzene rings is 1. The number of carbonyl (C=O) groups excluding carboxylic acids is 1. The van der Waals surface area contributed by atoms with Gasteiger partial charge in [0.25, 0.3) is 0 Å². The number of carbonyl (C=O) groups is 1. The fourth-order valence-electron chi connectivity index (χ4n) is 3.07. The number of guanidine groups is 1. The fourth-order valence-corrected chi connectivity index (χ4v) is 3.07. The van der Waals surface area contributed by atoms with Crippen LogP contribution in [0.2, 0.25) is 0 Å². The molecule has 6 nitrogen and oxygen atoms in total. The SMILES string of the molecule is CCNC(=NCc1cccc(NC(C)=O)c1)N1CCN(C(C)C(F)(F)F)CC1.I. The largest absolute Gasteiger partial charge is 0.403 e. The molecule has 0 bridgehead atoms. The summed E-state index contributed by atoms with van der Waals surface area (Å²) in [6.07, 6.45) is -4.21. The van der Waals surface area contributed by atoms with Gasteiger partial charge < -0.3 is 15.5 Å². The average Bonchev–Trinajstić information content (AvgIpc) is 2.64. The monoisotopic (exact) mass is 527 g/mol. The number of anilines is 1. The number of nitrogens with one attached hydrogen (secondary N) is 2. The summed E-state index contributed by atoms with van der Waals surface area (Å²) < 4.78 is 38.7. The van der Waals surface area contributed by atoms with Crippen LogP contribution < -0.4 is 10.6 Å². The molecule has 1 heterocycles. The van der Waals surface area contributed by atoms with Crippen molar-refractivity contribution in [1.82, 2.24) is 15.1 Å². The van der Waals surface area contributed by atoms with Crippen molar-refractivity contribution in [3.63, 3.8) is 0 Å². The van der Waals surface area contributed by atoms with Crippen molar-refractivity contribution in [3.8, 4) is 0 Å². The van der Waals surface area contributed by atoms with E-state index in [9.17, 15) is 18.0 Å². The van der Waals surface area contributed by atoms with Gasteiger partial charge in [-0.2, -0.15) is 13.2 Å². The molecule has 1 saturated heterocycles. The minimum Gasteiger partial charge on any atom is -0.357 e. The van der Waals surface area contributed by atoms with Crippen LogP contribution in [-0.4, -0.2) is 66.6 Å². The Morgan fingerprint density at radius 1 is 1.24 bits per heavy atom. The Morgan fingerprint density at radius 2 is 1.90 bits per heavy atom. The van der Waals surface area contributed by atoms with Crippen molar-refractivity contribution >= 4 is 41.5 Å². The standard InChI is InChI=1S/C19H28F3N5O.HI/c1-4-23-18(24-13-16-6-5-7-17(12-16)25-15(3)28)27-10-8-26(9-11-27)14(2)19(20,21)22;/h5-7,12,14H,4,8-11,13H2,1-3H3,(H,23,24)(H,25,28);1H. The van der Waals surface area contributed by atoms with Gasteiger partial charge in [-0.15, -0.1) is 24.0 Å². The lowest BCUT2D eigenvalue weighted by Crippen LogP contribution is -2.56. The lowest BCUT2D eigenvalue weighted by Gasteiger charge is -2.39. The summed E-state index contributed by atoms with van der Waals surface area (Å²) in [5, 5.41) is 5.95. The summed E-state index contributed by atoms with van der Waals surface area (Å²) >= 11 is 0. The van der Waals surface area contributed by atoms with Crippen LogP contribution in [0.3, 0.4) is 0 Å². The third-order valence-electron chi connectivity index (χ3n) is 4.63. The molecule has 1 aliphatic rings. The molecule has 0 saturated carbocycles. The second-order valence-electron chi connectivity index (χ2n) is 6.79. The number of alkyl halides is 3. The van der Waals surface area contributed by atoms with Gasteiger partial charge in [-0.05, 0) is 31.5 Å². The third-order valence-corrected chi connectivity index (χ3v) is 4.63. The van der Waals surface area contributed by atoms with Gasteiger partial charge in [0.2, 0.25) is 5.91 Å². The summed E-state index contributed by atoms with van der Waals surface area (Å²) in [4.78, 5) is 19.3. The summed E-state index contributed by atoms with van der Waals surface area (Å²) in [7, 11) is 0. The first kappa shape index (κ1) is 25.5. The number of nitrogens with zero attached hydrogens (tertiary/aromatic N) is 3. The molecule has 1 aromatic rings. The van der Waals surface area contributed by atoms with Gasteiger partial charge in [0.15, 0.2) is 5.96 Å². The van der Waals surface area contributed by atoms with Crippen LogP contribution in [0.4, 0.5) is 18.9 Å². The molecule has 0 aromatic heterocycles. The average molecular weight is 527 g/mol. The number of piperazine rings is 1. The van der Waals surface area contributed by atoms with E-state index in [0.717, 1.165) is 5.56 Å². The zero-order valence-electron chi connectivity index (χ0n) is 16.9. The second-order valence-corrected chi connectivity index (χ2v) is 6.79. The van der Waals surface area contributed by atoms with Crippen molar-refractivity contribution in [1.29, 1.82) is 0 Å². The number of hydrogen-bond acceptors (Lipinski definition) is 3. The van der Waals surface area contributed by atoms with E-state index in [2.05, 4.69) is 15.6 Å². The molecule has 1 unspecified atom stereocenters. The lowest BCUT2D eigenvalue weighted by atomic mass is 10.2. The zero-order chi connectivity index (χ0) is 20.7. The van der Waals surface area contributed by atoms with Gasteiger partial charge in [-0.1, -0.05) is 12.1 Å². The maximum Gasteiger partial charge on any atom is 0.403 e. The van der Waals surface area contributed by atoms with E-state index in [1.54, 1.807) is 6.07 Å². The lowest BCUT2D eigenvalue weighted by molar-refractivity contribution is -0.181. The highest BCUT2D eigenvalue weighted by Crippen LogP contribution is 2.25. The second kappa shape index (κ2) is 11.6. The minimum absolute atomic E-state index is 0. The molecule has 0 radical (unpaired) electrons. The Balaban J connectivity index is 0.00000420. The van der Waals surface area contributed by atoms with Gasteiger partial charge in [-0.25, -0.2) is 4.99 Å². The van der Waals surface area contributed by atoms with E-state index in [-0.39, 0.29) is 29.9 Å². The van der Waals surface area contributed by atoms with Gasteiger partial charge >= 0.3 is 6.18 Å². The molecule has 2 rings (SSSR count). The first-order valence-corrected chi connectivity index (χ1v) is 9.41. The van der Waals surface area contributed by atoms with Crippen molar-refractivity contribution in [2.24, 2.45) is 4.99 Å². The topological polar surface area (TPSA) is 60.0 Å². The number of aliphatic imine (C=N–C) groups is 1. The smallest absolute Gasteiger partial charge is 0.357 e. The molecule has 29 heavy (non-hydrogen) atoms. The normalized spacial score (nSPS) is 16.8. The van der Waals surface area contributed by atoms with E-state index in [4.69, 9.17) is 0 Å². The number of halogens is 4. The Morgan fingerprint density at radius 3 is 2.45 bits per heavy atom. The van der Waals surface area contributed by atoms with E-state index >= 15 is 0 Å². The zero-order valence-corrected chi connectivity index (χ0v) is 19.3. The first-order chi connectivity index (χ1) is 13.2. The molecule has 1 fully saturated rings. The van der Waals surface area contributed by atoms with E-state index < -0.39 is 12.2 Å². The highest BCUT2D eigenvalue weighted by molar-refractivity contribution is 14.0. The summed E-state index contributed by atoms with van der Waals surface area (Å²) in [6, 6.07) is 5.99.